The average Bonchev–Trinajstić information content (AvgIpc) is 3.13. The summed E-state index contributed by atoms with van der Waals surface area (Å²) in [5.74, 6) is 0. The maximum atomic E-state index is 9.95. The van der Waals surface area contributed by atoms with Crippen molar-refractivity contribution in [2.24, 2.45) is 5.41 Å². The van der Waals surface area contributed by atoms with Gasteiger partial charge in [-0.25, -0.2) is 0 Å². The summed E-state index contributed by atoms with van der Waals surface area (Å²) < 4.78 is 12.7. The lowest BCUT2D eigenvalue weighted by Gasteiger charge is -2.29. The molecule has 0 aromatic heterocycles. The SMILES string of the molecule is OCC1(CC2O[C@H](c3ccccc3)[C@@H](c3ccccc3)O2)C=CCC=C1. The second kappa shape index (κ2) is 7.58. The summed E-state index contributed by atoms with van der Waals surface area (Å²) in [4.78, 5) is 0. The van der Waals surface area contributed by atoms with Crippen LogP contribution in [0.5, 0.6) is 0 Å². The van der Waals surface area contributed by atoms with Crippen LogP contribution >= 0.6 is 0 Å². The van der Waals surface area contributed by atoms with Crippen molar-refractivity contribution in [1.82, 2.24) is 0 Å². The van der Waals surface area contributed by atoms with Crippen LogP contribution in [0.1, 0.15) is 36.2 Å². The lowest BCUT2D eigenvalue weighted by molar-refractivity contribution is -0.0881. The molecule has 0 amide bonds. The predicted octanol–water partition coefficient (Wildman–Crippen LogP) is 4.73. The molecular formula is C23H24O3. The van der Waals surface area contributed by atoms with Gasteiger partial charge in [-0.05, 0) is 17.5 Å². The highest BCUT2D eigenvalue weighted by Gasteiger charge is 2.41. The lowest BCUT2D eigenvalue weighted by atomic mass is 9.81. The standard InChI is InChI=1S/C23H24O3/c24-17-23(14-8-3-9-15-23)16-20-25-21(18-10-4-1-5-11-18)22(26-20)19-12-6-2-7-13-19/h1-2,4-15,20-22,24H,3,16-17H2/t21-,22-/m1/s1. The van der Waals surface area contributed by atoms with Gasteiger partial charge in [-0.2, -0.15) is 0 Å². The zero-order valence-corrected chi connectivity index (χ0v) is 14.7. The van der Waals surface area contributed by atoms with Gasteiger partial charge in [-0.3, -0.25) is 0 Å². The molecule has 1 fully saturated rings. The Labute approximate surface area is 154 Å². The van der Waals surface area contributed by atoms with Gasteiger partial charge in [0.1, 0.15) is 12.2 Å². The van der Waals surface area contributed by atoms with Crippen LogP contribution in [0.15, 0.2) is 85.0 Å². The Hall–Kier alpha value is -2.20. The van der Waals surface area contributed by atoms with Gasteiger partial charge in [0, 0.05) is 11.8 Å². The van der Waals surface area contributed by atoms with Gasteiger partial charge in [0.2, 0.25) is 0 Å². The molecule has 1 N–H and O–H groups in total. The van der Waals surface area contributed by atoms with Crippen molar-refractivity contribution in [1.29, 1.82) is 0 Å². The molecule has 2 aliphatic rings. The molecule has 26 heavy (non-hydrogen) atoms. The van der Waals surface area contributed by atoms with Crippen molar-refractivity contribution in [2.45, 2.75) is 31.3 Å². The van der Waals surface area contributed by atoms with E-state index >= 15 is 0 Å². The van der Waals surface area contributed by atoms with Gasteiger partial charge >= 0.3 is 0 Å². The minimum absolute atomic E-state index is 0.0508. The average molecular weight is 348 g/mol. The number of ether oxygens (including phenoxy) is 2. The van der Waals surface area contributed by atoms with E-state index in [1.165, 1.54) is 0 Å². The monoisotopic (exact) mass is 348 g/mol. The molecule has 1 aliphatic heterocycles. The Morgan fingerprint density at radius 3 is 1.77 bits per heavy atom. The van der Waals surface area contributed by atoms with Gasteiger partial charge in [0.15, 0.2) is 6.29 Å². The summed E-state index contributed by atoms with van der Waals surface area (Å²) in [6.45, 7) is 0.0508. The fourth-order valence-electron chi connectivity index (χ4n) is 3.75. The van der Waals surface area contributed by atoms with Gasteiger partial charge in [0.25, 0.3) is 0 Å². The van der Waals surface area contributed by atoms with Gasteiger partial charge in [-0.1, -0.05) is 85.0 Å². The van der Waals surface area contributed by atoms with Crippen molar-refractivity contribution in [3.05, 3.63) is 96.1 Å². The maximum absolute atomic E-state index is 9.95. The van der Waals surface area contributed by atoms with Crippen LogP contribution in [-0.2, 0) is 9.47 Å². The zero-order chi connectivity index (χ0) is 17.8. The quantitative estimate of drug-likeness (QED) is 0.794. The third-order valence-electron chi connectivity index (χ3n) is 5.14. The zero-order valence-electron chi connectivity index (χ0n) is 14.7. The lowest BCUT2D eigenvalue weighted by Crippen LogP contribution is -2.28. The molecule has 2 aromatic carbocycles. The fraction of sp³-hybridized carbons (Fsp3) is 0.304. The summed E-state index contributed by atoms with van der Waals surface area (Å²) in [5.41, 5.74) is 1.81. The van der Waals surface area contributed by atoms with Crippen LogP contribution in [0.25, 0.3) is 0 Å². The molecule has 3 heteroatoms. The van der Waals surface area contributed by atoms with Crippen molar-refractivity contribution >= 4 is 0 Å². The van der Waals surface area contributed by atoms with Crippen LogP contribution in [0, 0.1) is 5.41 Å². The van der Waals surface area contributed by atoms with E-state index in [1.807, 2.05) is 36.4 Å². The van der Waals surface area contributed by atoms with E-state index in [0.717, 1.165) is 17.5 Å². The van der Waals surface area contributed by atoms with E-state index in [4.69, 9.17) is 9.47 Å². The molecule has 0 saturated carbocycles. The summed E-state index contributed by atoms with van der Waals surface area (Å²) in [7, 11) is 0. The second-order valence-corrected chi connectivity index (χ2v) is 7.00. The van der Waals surface area contributed by atoms with Crippen LogP contribution in [-0.4, -0.2) is 18.0 Å². The van der Waals surface area contributed by atoms with Crippen molar-refractivity contribution < 1.29 is 14.6 Å². The smallest absolute Gasteiger partial charge is 0.160 e. The van der Waals surface area contributed by atoms with Crippen LogP contribution < -0.4 is 0 Å². The highest BCUT2D eigenvalue weighted by molar-refractivity contribution is 5.26. The molecule has 1 saturated heterocycles. The van der Waals surface area contributed by atoms with E-state index in [1.54, 1.807) is 0 Å². The number of allylic oxidation sites excluding steroid dienone is 2. The first-order valence-corrected chi connectivity index (χ1v) is 9.17. The predicted molar refractivity (Wildman–Crippen MR) is 101 cm³/mol. The van der Waals surface area contributed by atoms with E-state index < -0.39 is 5.41 Å². The largest absolute Gasteiger partial charge is 0.395 e. The third-order valence-corrected chi connectivity index (χ3v) is 5.14. The van der Waals surface area contributed by atoms with Crippen LogP contribution in [0.3, 0.4) is 0 Å². The van der Waals surface area contributed by atoms with Crippen molar-refractivity contribution in [3.63, 3.8) is 0 Å². The van der Waals surface area contributed by atoms with E-state index in [-0.39, 0.29) is 25.1 Å². The topological polar surface area (TPSA) is 38.7 Å². The minimum Gasteiger partial charge on any atom is -0.395 e. The number of hydrogen-bond acceptors (Lipinski definition) is 3. The normalized spacial score (nSPS) is 24.8. The molecule has 4 rings (SSSR count). The van der Waals surface area contributed by atoms with E-state index in [2.05, 4.69) is 48.6 Å². The van der Waals surface area contributed by atoms with Crippen LogP contribution in [0.4, 0.5) is 0 Å². The number of hydrogen-bond donors (Lipinski definition) is 1. The van der Waals surface area contributed by atoms with Crippen molar-refractivity contribution in [2.75, 3.05) is 6.61 Å². The molecule has 0 bridgehead atoms. The Balaban J connectivity index is 1.60. The van der Waals surface area contributed by atoms with Crippen molar-refractivity contribution in [3.8, 4) is 0 Å². The minimum atomic E-state index is -0.407. The maximum Gasteiger partial charge on any atom is 0.160 e. The molecule has 2 atom stereocenters. The van der Waals surface area contributed by atoms with Gasteiger partial charge in [-0.15, -0.1) is 0 Å². The molecule has 0 spiro atoms. The summed E-state index contributed by atoms with van der Waals surface area (Å²) in [6.07, 6.45) is 9.16. The van der Waals surface area contributed by atoms with Crippen LogP contribution in [0.2, 0.25) is 0 Å². The summed E-state index contributed by atoms with van der Waals surface area (Å²) >= 11 is 0. The highest BCUT2D eigenvalue weighted by Crippen LogP contribution is 2.46. The summed E-state index contributed by atoms with van der Waals surface area (Å²) in [6, 6.07) is 20.4. The number of aliphatic hydroxyl groups excluding tert-OH is 1. The molecule has 1 heterocycles. The van der Waals surface area contributed by atoms with Gasteiger partial charge < -0.3 is 14.6 Å². The molecule has 134 valence electrons. The van der Waals surface area contributed by atoms with E-state index in [9.17, 15) is 5.11 Å². The third kappa shape index (κ3) is 3.51. The molecule has 2 aromatic rings. The Morgan fingerprint density at radius 2 is 1.31 bits per heavy atom. The highest BCUT2D eigenvalue weighted by atomic mass is 16.7. The molecular weight excluding hydrogens is 324 g/mol. The molecule has 0 unspecified atom stereocenters. The number of aliphatic hydroxyl groups is 1. The summed E-state index contributed by atoms with van der Waals surface area (Å²) in [5, 5.41) is 9.95. The van der Waals surface area contributed by atoms with Gasteiger partial charge in [0.05, 0.1) is 6.61 Å². The fourth-order valence-corrected chi connectivity index (χ4v) is 3.75. The Bertz CT molecular complexity index is 707. The number of rotatable bonds is 5. The first-order valence-electron chi connectivity index (χ1n) is 9.17. The molecule has 3 nitrogen and oxygen atoms in total. The Morgan fingerprint density at radius 1 is 0.808 bits per heavy atom. The first kappa shape index (κ1) is 17.2. The van der Waals surface area contributed by atoms with E-state index in [0.29, 0.717) is 6.42 Å². The molecule has 1 aliphatic carbocycles. The number of benzene rings is 2. The first-order chi connectivity index (χ1) is 12.8. The second-order valence-electron chi connectivity index (χ2n) is 7.00. The molecule has 0 radical (unpaired) electrons. The Kier molecular flexibility index (Phi) is 5.02.